The number of ketones is 1. The predicted molar refractivity (Wildman–Crippen MR) is 66.7 cm³/mol. The first-order valence-electron chi connectivity index (χ1n) is 5.25. The van der Waals surface area contributed by atoms with Crippen molar-refractivity contribution in [3.63, 3.8) is 0 Å². The van der Waals surface area contributed by atoms with E-state index in [1.54, 1.807) is 0 Å². The SMILES string of the molecule is CC(=O)c1nc2ccccc2c2c1N=CNN2. The number of rotatable bonds is 1. The van der Waals surface area contributed by atoms with E-state index in [-0.39, 0.29) is 5.78 Å². The van der Waals surface area contributed by atoms with Crippen LogP contribution in [-0.4, -0.2) is 17.1 Å². The normalized spacial score (nSPS) is 12.8. The minimum atomic E-state index is -0.0900. The first kappa shape index (κ1) is 9.77. The number of hydrogen-bond acceptors (Lipinski definition) is 5. The Morgan fingerprint density at radius 1 is 1.29 bits per heavy atom. The van der Waals surface area contributed by atoms with E-state index < -0.39 is 0 Å². The van der Waals surface area contributed by atoms with E-state index in [2.05, 4.69) is 20.8 Å². The lowest BCUT2D eigenvalue weighted by Gasteiger charge is -2.17. The van der Waals surface area contributed by atoms with Gasteiger partial charge in [-0.2, -0.15) is 0 Å². The van der Waals surface area contributed by atoms with Crippen LogP contribution in [0, 0.1) is 0 Å². The molecule has 1 aromatic carbocycles. The maximum atomic E-state index is 11.6. The summed E-state index contributed by atoms with van der Waals surface area (Å²) in [6.07, 6.45) is 1.51. The molecule has 1 aliphatic rings. The summed E-state index contributed by atoms with van der Waals surface area (Å²) in [4.78, 5) is 20.1. The number of nitrogens with one attached hydrogen (secondary N) is 2. The lowest BCUT2D eigenvalue weighted by Crippen LogP contribution is -2.23. The van der Waals surface area contributed by atoms with E-state index in [4.69, 9.17) is 0 Å². The molecule has 17 heavy (non-hydrogen) atoms. The molecule has 5 nitrogen and oxygen atoms in total. The Hall–Kier alpha value is -2.43. The maximum absolute atomic E-state index is 11.6. The van der Waals surface area contributed by atoms with E-state index in [0.717, 1.165) is 16.6 Å². The van der Waals surface area contributed by atoms with E-state index in [9.17, 15) is 4.79 Å². The fourth-order valence-electron chi connectivity index (χ4n) is 1.90. The van der Waals surface area contributed by atoms with Gasteiger partial charge in [-0.25, -0.2) is 9.98 Å². The summed E-state index contributed by atoms with van der Waals surface area (Å²) < 4.78 is 0. The van der Waals surface area contributed by atoms with Gasteiger partial charge in [-0.05, 0) is 6.07 Å². The van der Waals surface area contributed by atoms with Crippen molar-refractivity contribution in [2.75, 3.05) is 5.43 Å². The molecule has 0 unspecified atom stereocenters. The van der Waals surface area contributed by atoms with Crippen molar-refractivity contribution in [1.29, 1.82) is 0 Å². The molecule has 0 spiro atoms. The number of fused-ring (bicyclic) bond motifs is 3. The number of benzene rings is 1. The number of Topliss-reactive ketones (excluding diaryl/α,β-unsaturated/α-hetero) is 1. The molecule has 1 aliphatic heterocycles. The van der Waals surface area contributed by atoms with Crippen LogP contribution in [0.25, 0.3) is 10.9 Å². The van der Waals surface area contributed by atoms with Gasteiger partial charge in [0.15, 0.2) is 5.78 Å². The van der Waals surface area contributed by atoms with Gasteiger partial charge in [0, 0.05) is 12.3 Å². The minimum absolute atomic E-state index is 0.0900. The molecule has 84 valence electrons. The number of nitrogens with zero attached hydrogens (tertiary/aromatic N) is 2. The average molecular weight is 226 g/mol. The number of pyridine rings is 1. The molecule has 2 heterocycles. The van der Waals surface area contributed by atoms with Gasteiger partial charge in [0.2, 0.25) is 0 Å². The first-order valence-corrected chi connectivity index (χ1v) is 5.25. The van der Waals surface area contributed by atoms with Crippen LogP contribution in [0.15, 0.2) is 29.3 Å². The van der Waals surface area contributed by atoms with Crippen molar-refractivity contribution >= 4 is 34.4 Å². The molecule has 0 fully saturated rings. The lowest BCUT2D eigenvalue weighted by atomic mass is 10.1. The Morgan fingerprint density at radius 2 is 2.12 bits per heavy atom. The Labute approximate surface area is 97.5 Å². The van der Waals surface area contributed by atoms with Crippen molar-refractivity contribution < 1.29 is 4.79 Å². The Bertz CT molecular complexity index is 648. The van der Waals surface area contributed by atoms with Crippen LogP contribution >= 0.6 is 0 Å². The third-order valence-electron chi connectivity index (χ3n) is 2.66. The predicted octanol–water partition coefficient (Wildman–Crippen LogP) is 2.03. The maximum Gasteiger partial charge on any atom is 0.180 e. The van der Waals surface area contributed by atoms with Gasteiger partial charge < -0.3 is 0 Å². The van der Waals surface area contributed by atoms with Crippen molar-refractivity contribution in [1.82, 2.24) is 10.4 Å². The lowest BCUT2D eigenvalue weighted by molar-refractivity contribution is 0.101. The van der Waals surface area contributed by atoms with Crippen LogP contribution in [0.2, 0.25) is 0 Å². The van der Waals surface area contributed by atoms with Crippen LogP contribution in [0.1, 0.15) is 17.4 Å². The van der Waals surface area contributed by atoms with Crippen LogP contribution < -0.4 is 10.9 Å². The highest BCUT2D eigenvalue weighted by Crippen LogP contribution is 2.35. The number of para-hydroxylation sites is 1. The molecule has 0 atom stereocenters. The highest BCUT2D eigenvalue weighted by Gasteiger charge is 2.18. The summed E-state index contributed by atoms with van der Waals surface area (Å²) in [5.41, 5.74) is 8.39. The molecule has 0 amide bonds. The molecule has 0 bridgehead atoms. The van der Waals surface area contributed by atoms with Gasteiger partial charge >= 0.3 is 0 Å². The molecule has 2 N–H and O–H groups in total. The van der Waals surface area contributed by atoms with Crippen LogP contribution in [-0.2, 0) is 0 Å². The van der Waals surface area contributed by atoms with Gasteiger partial charge in [0.1, 0.15) is 17.7 Å². The summed E-state index contributed by atoms with van der Waals surface area (Å²) >= 11 is 0. The third-order valence-corrected chi connectivity index (χ3v) is 2.66. The first-order chi connectivity index (χ1) is 8.27. The van der Waals surface area contributed by atoms with E-state index in [0.29, 0.717) is 11.4 Å². The number of aliphatic imine (C=N–C) groups is 1. The average Bonchev–Trinajstić information content (AvgIpc) is 2.37. The van der Waals surface area contributed by atoms with Gasteiger partial charge in [0.05, 0.1) is 11.2 Å². The number of carbonyl (C=O) groups is 1. The molecular formula is C12H10N4O. The molecule has 5 heteroatoms. The monoisotopic (exact) mass is 226 g/mol. The second-order valence-electron chi connectivity index (χ2n) is 3.78. The molecule has 0 saturated carbocycles. The van der Waals surface area contributed by atoms with Crippen LogP contribution in [0.3, 0.4) is 0 Å². The highest BCUT2D eigenvalue weighted by atomic mass is 16.1. The van der Waals surface area contributed by atoms with E-state index >= 15 is 0 Å². The van der Waals surface area contributed by atoms with Gasteiger partial charge in [-0.1, -0.05) is 18.2 Å². The molecule has 2 aromatic rings. The number of aromatic nitrogens is 1. The largest absolute Gasteiger partial charge is 0.297 e. The smallest absolute Gasteiger partial charge is 0.180 e. The molecule has 0 radical (unpaired) electrons. The second-order valence-corrected chi connectivity index (χ2v) is 3.78. The Balaban J connectivity index is 2.44. The summed E-state index contributed by atoms with van der Waals surface area (Å²) in [5, 5.41) is 0.942. The topological polar surface area (TPSA) is 66.4 Å². The van der Waals surface area contributed by atoms with Gasteiger partial charge in [0.25, 0.3) is 0 Å². The fourth-order valence-corrected chi connectivity index (χ4v) is 1.90. The quantitative estimate of drug-likeness (QED) is 0.730. The molecule has 3 rings (SSSR count). The number of anilines is 1. The van der Waals surface area contributed by atoms with E-state index in [1.165, 1.54) is 13.3 Å². The Morgan fingerprint density at radius 3 is 2.94 bits per heavy atom. The van der Waals surface area contributed by atoms with Gasteiger partial charge in [-0.15, -0.1) is 0 Å². The second kappa shape index (κ2) is 3.55. The van der Waals surface area contributed by atoms with Crippen molar-refractivity contribution in [2.45, 2.75) is 6.92 Å². The highest BCUT2D eigenvalue weighted by molar-refractivity contribution is 6.08. The van der Waals surface area contributed by atoms with Crippen LogP contribution in [0.4, 0.5) is 11.4 Å². The van der Waals surface area contributed by atoms with E-state index in [1.807, 2.05) is 24.3 Å². The number of carbonyl (C=O) groups excluding carboxylic acids is 1. The van der Waals surface area contributed by atoms with Gasteiger partial charge in [-0.3, -0.25) is 15.6 Å². The minimum Gasteiger partial charge on any atom is -0.297 e. The summed E-state index contributed by atoms with van der Waals surface area (Å²) in [7, 11) is 0. The van der Waals surface area contributed by atoms with Crippen LogP contribution in [0.5, 0.6) is 0 Å². The summed E-state index contributed by atoms with van der Waals surface area (Å²) in [6.45, 7) is 1.49. The Kier molecular flexibility index (Phi) is 2.04. The zero-order valence-corrected chi connectivity index (χ0v) is 9.19. The molecule has 1 aromatic heterocycles. The number of hydrogen-bond donors (Lipinski definition) is 2. The standard InChI is InChI=1S/C12H10N4O/c1-7(17)10-12-11(16-14-6-13-12)8-4-2-3-5-9(8)15-10/h2-6,16H,1H3,(H,13,14). The fraction of sp³-hybridized carbons (Fsp3) is 0.0833. The summed E-state index contributed by atoms with van der Waals surface area (Å²) in [6, 6.07) is 7.64. The van der Waals surface area contributed by atoms with Crippen molar-refractivity contribution in [2.24, 2.45) is 4.99 Å². The molecule has 0 saturated heterocycles. The van der Waals surface area contributed by atoms with Crippen molar-refractivity contribution in [3.05, 3.63) is 30.0 Å². The summed E-state index contributed by atoms with van der Waals surface area (Å²) in [5.74, 6) is -0.0900. The zero-order chi connectivity index (χ0) is 11.8. The van der Waals surface area contributed by atoms with Crippen molar-refractivity contribution in [3.8, 4) is 0 Å². The number of hydrazine groups is 1. The zero-order valence-electron chi connectivity index (χ0n) is 9.19. The third kappa shape index (κ3) is 1.44. The molecule has 0 aliphatic carbocycles. The molecular weight excluding hydrogens is 216 g/mol.